The minimum absolute atomic E-state index is 0.321. The minimum atomic E-state index is -0.444. The van der Waals surface area contributed by atoms with Gasteiger partial charge in [-0.2, -0.15) is 20.0 Å². The van der Waals surface area contributed by atoms with Gasteiger partial charge in [0.25, 0.3) is 0 Å². The van der Waals surface area contributed by atoms with E-state index in [9.17, 15) is 4.79 Å². The summed E-state index contributed by atoms with van der Waals surface area (Å²) < 4.78 is 9.87. The number of rotatable bonds is 5. The highest BCUT2D eigenvalue weighted by molar-refractivity contribution is 6.25. The summed E-state index contributed by atoms with van der Waals surface area (Å²) in [6.45, 7) is 1.38. The Bertz CT molecular complexity index is 2570. The first-order valence-corrected chi connectivity index (χ1v) is 18.0. The predicted molar refractivity (Wildman–Crippen MR) is 227 cm³/mol. The summed E-state index contributed by atoms with van der Waals surface area (Å²) in [6, 6.07) is 25.7. The Kier molecular flexibility index (Phi) is 7.61. The van der Waals surface area contributed by atoms with Crippen molar-refractivity contribution in [3.63, 3.8) is 0 Å². The molecule has 5 heterocycles. The maximum absolute atomic E-state index is 12.3. The van der Waals surface area contributed by atoms with E-state index in [1.165, 1.54) is 6.92 Å². The van der Waals surface area contributed by atoms with E-state index < -0.39 is 5.97 Å². The van der Waals surface area contributed by atoms with Gasteiger partial charge in [-0.1, -0.05) is 24.3 Å². The number of aromatic nitrogens is 2. The van der Waals surface area contributed by atoms with Gasteiger partial charge < -0.3 is 24.3 Å². The predicted octanol–water partition coefficient (Wildman–Crippen LogP) is 6.66. The molecule has 0 radical (unpaired) electrons. The number of amidine groups is 1. The van der Waals surface area contributed by atoms with Gasteiger partial charge in [-0.3, -0.25) is 13.9 Å². The molecule has 0 saturated carbocycles. The molecule has 0 fully saturated rings. The highest BCUT2D eigenvalue weighted by Gasteiger charge is 2.35. The van der Waals surface area contributed by atoms with Crippen LogP contribution in [-0.2, 0) is 9.53 Å². The molecule has 0 aliphatic carbocycles. The molecule has 6 aromatic rings. The van der Waals surface area contributed by atoms with E-state index >= 15 is 0 Å². The smallest absolute Gasteiger partial charge is 0.308 e. The van der Waals surface area contributed by atoms with Gasteiger partial charge in [0.15, 0.2) is 0 Å². The van der Waals surface area contributed by atoms with Crippen LogP contribution in [0.3, 0.4) is 0 Å². The van der Waals surface area contributed by atoms with E-state index in [-0.39, 0.29) is 0 Å². The lowest BCUT2D eigenvalue weighted by atomic mass is 10.1. The molecule has 55 heavy (non-hydrogen) atoms. The number of carbonyl (C=O) groups is 1. The highest BCUT2D eigenvalue weighted by Crippen LogP contribution is 2.38. The van der Waals surface area contributed by atoms with E-state index in [1.807, 2.05) is 56.4 Å². The van der Waals surface area contributed by atoms with E-state index in [0.717, 1.165) is 66.4 Å². The van der Waals surface area contributed by atoms with Gasteiger partial charge in [0, 0.05) is 120 Å². The summed E-state index contributed by atoms with van der Waals surface area (Å²) in [5.74, 6) is 2.07. The molecule has 0 N–H and O–H groups in total. The van der Waals surface area contributed by atoms with Crippen molar-refractivity contribution in [2.45, 2.75) is 6.92 Å². The Balaban J connectivity index is 1.34. The molecule has 0 amide bonds. The Morgan fingerprint density at radius 3 is 1.27 bits per heavy atom. The van der Waals surface area contributed by atoms with E-state index in [2.05, 4.69) is 102 Å². The Morgan fingerprint density at radius 1 is 0.509 bits per heavy atom. The third-order valence-electron chi connectivity index (χ3n) is 10.2. The molecule has 2 aromatic heterocycles. The number of allylic oxidation sites excluding steroid dienone is 1. The molecule has 0 bridgehead atoms. The third-order valence-corrected chi connectivity index (χ3v) is 10.2. The number of guanidine groups is 1. The SMILES string of the molecule is CC(=O)OC1=CC2=NC(n3c4cc(N(C)C)ccc4c4ccc(N(C)C)cc43)=NC3=NC(n4c5cc(N(C)C)ccc5c5ccc(N(C)C)cc54)=NC(=C1)N23. The first-order valence-electron chi connectivity index (χ1n) is 18.0. The zero-order valence-corrected chi connectivity index (χ0v) is 32.3. The number of carbonyl (C=O) groups excluding carboxylic acids is 1. The number of fused-ring (bicyclic) bond motifs is 6. The molecular formula is C42H41N11O2. The summed E-state index contributed by atoms with van der Waals surface area (Å²) in [5.41, 5.74) is 7.96. The van der Waals surface area contributed by atoms with Crippen LogP contribution in [0.15, 0.2) is 116 Å². The lowest BCUT2D eigenvalue weighted by Crippen LogP contribution is -2.43. The molecule has 276 valence electrons. The molecule has 3 aliphatic heterocycles. The molecule has 0 spiro atoms. The lowest BCUT2D eigenvalue weighted by molar-refractivity contribution is -0.136. The van der Waals surface area contributed by atoms with Crippen LogP contribution >= 0.6 is 0 Å². The number of esters is 1. The van der Waals surface area contributed by atoms with E-state index in [0.29, 0.717) is 35.3 Å². The summed E-state index contributed by atoms with van der Waals surface area (Å²) in [6.07, 6.45) is 3.46. The molecular weight excluding hydrogens is 691 g/mol. The largest absolute Gasteiger partial charge is 0.426 e. The lowest BCUT2D eigenvalue weighted by Gasteiger charge is -2.32. The maximum atomic E-state index is 12.3. The summed E-state index contributed by atoms with van der Waals surface area (Å²) >= 11 is 0. The average molecular weight is 732 g/mol. The molecule has 9 rings (SSSR count). The molecule has 13 nitrogen and oxygen atoms in total. The van der Waals surface area contributed by atoms with Crippen LogP contribution in [-0.4, -0.2) is 100 Å². The molecule has 0 saturated heterocycles. The number of hydrogen-bond donors (Lipinski definition) is 0. The number of nitrogens with zero attached hydrogens (tertiary/aromatic N) is 11. The summed E-state index contributed by atoms with van der Waals surface area (Å²) in [4.78, 5) is 43.2. The van der Waals surface area contributed by atoms with E-state index in [1.54, 1.807) is 17.1 Å². The zero-order chi connectivity index (χ0) is 38.4. The van der Waals surface area contributed by atoms with Gasteiger partial charge in [-0.25, -0.2) is 4.90 Å². The van der Waals surface area contributed by atoms with Crippen molar-refractivity contribution in [3.8, 4) is 0 Å². The maximum Gasteiger partial charge on any atom is 0.308 e. The van der Waals surface area contributed by atoms with Gasteiger partial charge >= 0.3 is 5.97 Å². The third kappa shape index (κ3) is 5.41. The second-order valence-corrected chi connectivity index (χ2v) is 14.7. The fraction of sp³-hybridized carbons (Fsp3) is 0.214. The van der Waals surface area contributed by atoms with Crippen molar-refractivity contribution in [3.05, 3.63) is 96.5 Å². The summed E-state index contributed by atoms with van der Waals surface area (Å²) in [5, 5.41) is 4.29. The quantitative estimate of drug-likeness (QED) is 0.183. The van der Waals surface area contributed by atoms with Crippen LogP contribution in [0.5, 0.6) is 0 Å². The number of hydrogen-bond acceptors (Lipinski definition) is 11. The molecule has 3 aliphatic rings. The van der Waals surface area contributed by atoms with Crippen molar-refractivity contribution in [1.82, 2.24) is 14.0 Å². The monoisotopic (exact) mass is 731 g/mol. The second-order valence-electron chi connectivity index (χ2n) is 14.7. The van der Waals surface area contributed by atoms with Gasteiger partial charge in [0.05, 0.1) is 22.1 Å². The van der Waals surface area contributed by atoms with Crippen LogP contribution in [0.2, 0.25) is 0 Å². The van der Waals surface area contributed by atoms with Crippen molar-refractivity contribution < 1.29 is 9.53 Å². The molecule has 0 unspecified atom stereocenters. The highest BCUT2D eigenvalue weighted by atomic mass is 16.5. The standard InChI is InChI=1S/C42H41N11O2/c1-24(54)55-29-22-38-43-40(51-34-18-25(47(2)3)10-14-30(34)31-15-11-26(48(4)5)19-35(31)51)45-42-46-41(44-39(23-29)53(38)42)52-36-20-27(49(6)7)12-16-32(36)33-17-13-28(50(8)9)21-37(33)52/h10-23H,1-9H3. The molecule has 4 aromatic carbocycles. The number of benzene rings is 4. The molecule has 0 atom stereocenters. The minimum Gasteiger partial charge on any atom is -0.426 e. The van der Waals surface area contributed by atoms with Gasteiger partial charge in [0.1, 0.15) is 17.4 Å². The van der Waals surface area contributed by atoms with Crippen molar-refractivity contribution in [2.24, 2.45) is 20.0 Å². The fourth-order valence-corrected chi connectivity index (χ4v) is 7.43. The topological polar surface area (TPSA) is 102 Å². The summed E-state index contributed by atoms with van der Waals surface area (Å²) in [7, 11) is 16.2. The number of ether oxygens (including phenoxy) is 1. The Labute approximate surface area is 318 Å². The van der Waals surface area contributed by atoms with Crippen molar-refractivity contribution in [1.29, 1.82) is 0 Å². The second kappa shape index (κ2) is 12.3. The van der Waals surface area contributed by atoms with Gasteiger partial charge in [-0.05, 0) is 48.5 Å². The zero-order valence-electron chi connectivity index (χ0n) is 32.3. The van der Waals surface area contributed by atoms with Crippen LogP contribution in [0.25, 0.3) is 43.6 Å². The van der Waals surface area contributed by atoms with Gasteiger partial charge in [-0.15, -0.1) is 0 Å². The van der Waals surface area contributed by atoms with Gasteiger partial charge in [0.2, 0.25) is 17.9 Å². The Hall–Kier alpha value is -6.89. The van der Waals surface area contributed by atoms with Crippen LogP contribution in [0.1, 0.15) is 6.92 Å². The van der Waals surface area contributed by atoms with Crippen molar-refractivity contribution in [2.75, 3.05) is 76.0 Å². The van der Waals surface area contributed by atoms with Crippen LogP contribution in [0.4, 0.5) is 22.7 Å². The first kappa shape index (κ1) is 33.9. The number of anilines is 4. The normalized spacial score (nSPS) is 15.0. The first-order chi connectivity index (χ1) is 26.4. The van der Waals surface area contributed by atoms with Crippen molar-refractivity contribution >= 4 is 96.0 Å². The van der Waals surface area contributed by atoms with Crippen LogP contribution < -0.4 is 19.6 Å². The Morgan fingerprint density at radius 2 is 0.891 bits per heavy atom. The fourth-order valence-electron chi connectivity index (χ4n) is 7.43. The average Bonchev–Trinajstić information content (AvgIpc) is 3.65. The van der Waals surface area contributed by atoms with E-state index in [4.69, 9.17) is 24.7 Å². The number of aliphatic imine (C=N–C) groups is 4. The van der Waals surface area contributed by atoms with Crippen LogP contribution in [0, 0.1) is 0 Å². The molecule has 13 heteroatoms.